The van der Waals surface area contributed by atoms with E-state index in [0.717, 1.165) is 28.4 Å². The minimum Gasteiger partial charge on any atom is -0.364 e. The number of anilines is 1. The molecule has 0 atom stereocenters. The molecule has 2 amide bonds. The first-order chi connectivity index (χ1) is 17.0. The van der Waals surface area contributed by atoms with Crippen LogP contribution >= 0.6 is 11.6 Å². The van der Waals surface area contributed by atoms with Gasteiger partial charge in [-0.05, 0) is 48.0 Å². The van der Waals surface area contributed by atoms with Gasteiger partial charge in [0.1, 0.15) is 5.82 Å². The Bertz CT molecular complexity index is 1400. The van der Waals surface area contributed by atoms with Gasteiger partial charge in [0.05, 0.1) is 16.1 Å². The van der Waals surface area contributed by atoms with E-state index >= 15 is 0 Å². The second kappa shape index (κ2) is 9.76. The van der Waals surface area contributed by atoms with Crippen molar-refractivity contribution >= 4 is 40.1 Å². The van der Waals surface area contributed by atoms with Gasteiger partial charge in [0.2, 0.25) is 0 Å². The number of hydrogen-bond acceptors (Lipinski definition) is 4. The molecular formula is C26H23ClFN5O2. The smallest absolute Gasteiger partial charge is 0.255 e. The number of aromatic amines is 1. The second-order valence-electron chi connectivity index (χ2n) is 8.38. The normalized spacial score (nSPS) is 13.8. The molecule has 0 radical (unpaired) electrons. The third kappa shape index (κ3) is 4.83. The molecule has 7 nitrogen and oxygen atoms in total. The van der Waals surface area contributed by atoms with E-state index < -0.39 is 5.82 Å². The van der Waals surface area contributed by atoms with Crippen LogP contribution in [-0.2, 0) is 6.54 Å². The molecule has 0 spiro atoms. The summed E-state index contributed by atoms with van der Waals surface area (Å²) in [4.78, 5) is 29.3. The molecule has 0 bridgehead atoms. The molecule has 0 unspecified atom stereocenters. The Hall–Kier alpha value is -3.91. The van der Waals surface area contributed by atoms with Crippen molar-refractivity contribution < 1.29 is 14.0 Å². The lowest BCUT2D eigenvalue weighted by molar-refractivity contribution is 0.0535. The summed E-state index contributed by atoms with van der Waals surface area (Å²) >= 11 is 6.04. The molecule has 5 rings (SSSR count). The van der Waals surface area contributed by atoms with Gasteiger partial charge in [0.15, 0.2) is 5.82 Å². The van der Waals surface area contributed by atoms with E-state index in [9.17, 15) is 14.0 Å². The highest BCUT2D eigenvalue weighted by Crippen LogP contribution is 2.22. The number of aromatic nitrogens is 2. The van der Waals surface area contributed by atoms with Gasteiger partial charge < -0.3 is 15.1 Å². The van der Waals surface area contributed by atoms with Gasteiger partial charge in [-0.15, -0.1) is 0 Å². The second-order valence-corrected chi connectivity index (χ2v) is 8.79. The van der Waals surface area contributed by atoms with Crippen LogP contribution in [0.2, 0.25) is 5.02 Å². The van der Waals surface area contributed by atoms with E-state index in [1.807, 2.05) is 42.5 Å². The number of carbonyl (C=O) groups is 2. The van der Waals surface area contributed by atoms with Crippen molar-refractivity contribution in [3.8, 4) is 0 Å². The highest BCUT2D eigenvalue weighted by atomic mass is 35.5. The summed E-state index contributed by atoms with van der Waals surface area (Å²) in [5.74, 6) is -0.0680. The number of H-pyrrole nitrogens is 1. The average Bonchev–Trinajstić information content (AvgIpc) is 3.30. The first-order valence-electron chi connectivity index (χ1n) is 11.3. The van der Waals surface area contributed by atoms with Crippen molar-refractivity contribution in [2.45, 2.75) is 6.54 Å². The molecule has 0 saturated carbocycles. The number of para-hydroxylation sites is 1. The van der Waals surface area contributed by atoms with E-state index in [1.165, 1.54) is 12.1 Å². The number of nitrogens with zero attached hydrogens (tertiary/aromatic N) is 3. The number of nitrogens with one attached hydrogen (secondary N) is 2. The van der Waals surface area contributed by atoms with Crippen LogP contribution in [-0.4, -0.2) is 58.0 Å². The van der Waals surface area contributed by atoms with Gasteiger partial charge in [-0.3, -0.25) is 14.7 Å². The van der Waals surface area contributed by atoms with Crippen LogP contribution in [0.5, 0.6) is 0 Å². The maximum atomic E-state index is 13.3. The molecule has 1 saturated heterocycles. The molecule has 2 heterocycles. The number of rotatable bonds is 5. The summed E-state index contributed by atoms with van der Waals surface area (Å²) in [6.07, 6.45) is 0. The number of halogens is 2. The summed E-state index contributed by atoms with van der Waals surface area (Å²) in [7, 11) is 0. The van der Waals surface area contributed by atoms with Crippen LogP contribution in [0.1, 0.15) is 26.3 Å². The molecule has 1 aliphatic heterocycles. The SMILES string of the molecule is O=C(c1cccc(CNc2n[nH]c3ccccc23)c1)N1CCN(C(=O)c2ccc(F)cc2Cl)CC1. The van der Waals surface area contributed by atoms with E-state index in [2.05, 4.69) is 15.5 Å². The molecule has 178 valence electrons. The number of piperazine rings is 1. The molecule has 1 aromatic heterocycles. The van der Waals surface area contributed by atoms with Gasteiger partial charge in [-0.2, -0.15) is 5.10 Å². The minimum absolute atomic E-state index is 0.0796. The van der Waals surface area contributed by atoms with Crippen molar-refractivity contribution in [1.29, 1.82) is 0 Å². The van der Waals surface area contributed by atoms with E-state index in [0.29, 0.717) is 38.3 Å². The fourth-order valence-corrected chi connectivity index (χ4v) is 4.47. The Balaban J connectivity index is 1.20. The lowest BCUT2D eigenvalue weighted by Gasteiger charge is -2.35. The van der Waals surface area contributed by atoms with E-state index in [-0.39, 0.29) is 22.4 Å². The summed E-state index contributed by atoms with van der Waals surface area (Å²) in [6.45, 7) is 2.10. The van der Waals surface area contributed by atoms with Crippen LogP contribution < -0.4 is 5.32 Å². The zero-order valence-electron chi connectivity index (χ0n) is 18.8. The van der Waals surface area contributed by atoms with E-state index in [4.69, 9.17) is 11.6 Å². The number of carbonyl (C=O) groups excluding carboxylic acids is 2. The zero-order chi connectivity index (χ0) is 24.4. The van der Waals surface area contributed by atoms with E-state index in [1.54, 1.807) is 15.9 Å². The van der Waals surface area contributed by atoms with Gasteiger partial charge in [0, 0.05) is 43.7 Å². The molecule has 1 aliphatic rings. The molecule has 1 fully saturated rings. The third-order valence-corrected chi connectivity index (χ3v) is 6.43. The molecular weight excluding hydrogens is 469 g/mol. The van der Waals surface area contributed by atoms with Crippen molar-refractivity contribution in [3.05, 3.63) is 94.3 Å². The predicted octanol–water partition coefficient (Wildman–Crippen LogP) is 4.57. The lowest BCUT2D eigenvalue weighted by atomic mass is 10.1. The maximum Gasteiger partial charge on any atom is 0.255 e. The Morgan fingerprint density at radius 1 is 0.943 bits per heavy atom. The van der Waals surface area contributed by atoms with Crippen LogP contribution in [0.3, 0.4) is 0 Å². The molecule has 9 heteroatoms. The Morgan fingerprint density at radius 2 is 1.69 bits per heavy atom. The topological polar surface area (TPSA) is 81.3 Å². The minimum atomic E-state index is -0.489. The summed E-state index contributed by atoms with van der Waals surface area (Å²) in [6, 6.07) is 19.1. The molecule has 3 aromatic carbocycles. The average molecular weight is 492 g/mol. The summed E-state index contributed by atoms with van der Waals surface area (Å²) < 4.78 is 13.3. The van der Waals surface area contributed by atoms with Crippen LogP contribution in [0.15, 0.2) is 66.7 Å². The van der Waals surface area contributed by atoms with Crippen LogP contribution in [0.4, 0.5) is 10.2 Å². The van der Waals surface area contributed by atoms with Crippen molar-refractivity contribution in [3.63, 3.8) is 0 Å². The molecule has 2 N–H and O–H groups in total. The number of benzene rings is 3. The molecule has 0 aliphatic carbocycles. The molecule has 4 aromatic rings. The Morgan fingerprint density at radius 3 is 2.46 bits per heavy atom. The van der Waals surface area contributed by atoms with Gasteiger partial charge in [-0.25, -0.2) is 4.39 Å². The number of hydrogen-bond donors (Lipinski definition) is 2. The van der Waals surface area contributed by atoms with Crippen molar-refractivity contribution in [2.75, 3.05) is 31.5 Å². The van der Waals surface area contributed by atoms with Gasteiger partial charge >= 0.3 is 0 Å². The quantitative estimate of drug-likeness (QED) is 0.428. The van der Waals surface area contributed by atoms with Gasteiger partial charge in [0.25, 0.3) is 11.8 Å². The largest absolute Gasteiger partial charge is 0.364 e. The predicted molar refractivity (Wildman–Crippen MR) is 133 cm³/mol. The Labute approximate surface area is 206 Å². The highest BCUT2D eigenvalue weighted by Gasteiger charge is 2.26. The summed E-state index contributed by atoms with van der Waals surface area (Å²) in [5.41, 5.74) is 2.77. The van der Waals surface area contributed by atoms with Crippen molar-refractivity contribution in [2.24, 2.45) is 0 Å². The van der Waals surface area contributed by atoms with Crippen LogP contribution in [0, 0.1) is 5.82 Å². The monoisotopic (exact) mass is 491 g/mol. The third-order valence-electron chi connectivity index (χ3n) is 6.12. The fourth-order valence-electron chi connectivity index (χ4n) is 4.23. The number of amides is 2. The Kier molecular flexibility index (Phi) is 6.37. The fraction of sp³-hybridized carbons (Fsp3) is 0.192. The zero-order valence-corrected chi connectivity index (χ0v) is 19.6. The highest BCUT2D eigenvalue weighted by molar-refractivity contribution is 6.33. The lowest BCUT2D eigenvalue weighted by Crippen LogP contribution is -2.50. The number of fused-ring (bicyclic) bond motifs is 1. The first kappa shape index (κ1) is 22.9. The molecule has 35 heavy (non-hydrogen) atoms. The van der Waals surface area contributed by atoms with Crippen molar-refractivity contribution in [1.82, 2.24) is 20.0 Å². The maximum absolute atomic E-state index is 13.3. The van der Waals surface area contributed by atoms with Crippen LogP contribution in [0.25, 0.3) is 10.9 Å². The first-order valence-corrected chi connectivity index (χ1v) is 11.7. The summed E-state index contributed by atoms with van der Waals surface area (Å²) in [5, 5.41) is 11.7. The standard InChI is InChI=1S/C26H23ClFN5O2/c27-22-15-19(28)8-9-20(22)26(35)33-12-10-32(11-13-33)25(34)18-5-3-4-17(14-18)16-29-24-21-6-1-2-7-23(21)30-31-24/h1-9,14-15H,10-13,16H2,(H2,29,30,31). The van der Waals surface area contributed by atoms with Gasteiger partial charge in [-0.1, -0.05) is 35.9 Å².